The van der Waals surface area contributed by atoms with Gasteiger partial charge in [0.1, 0.15) is 0 Å². The number of benzene rings is 1. The van der Waals surface area contributed by atoms with Crippen molar-refractivity contribution >= 4 is 28.4 Å². The lowest BCUT2D eigenvalue weighted by molar-refractivity contribution is -0.136. The Balaban J connectivity index is 2.00. The Morgan fingerprint density at radius 2 is 1.96 bits per heavy atom. The quantitative estimate of drug-likeness (QED) is 0.635. The van der Waals surface area contributed by atoms with Crippen molar-refractivity contribution in [1.29, 1.82) is 0 Å². The van der Waals surface area contributed by atoms with Gasteiger partial charge in [0.05, 0.1) is 12.6 Å². The third-order valence-electron chi connectivity index (χ3n) is 3.53. The fourth-order valence-electron chi connectivity index (χ4n) is 2.54. The summed E-state index contributed by atoms with van der Waals surface area (Å²) in [6.45, 7) is 5.74. The summed E-state index contributed by atoms with van der Waals surface area (Å²) in [5.74, 6) is -1.16. The second kappa shape index (κ2) is 7.28. The van der Waals surface area contributed by atoms with E-state index < -0.39 is 17.9 Å². The minimum Gasteiger partial charge on any atom is -0.394 e. The van der Waals surface area contributed by atoms with Crippen LogP contribution in [0.2, 0.25) is 0 Å². The minimum atomic E-state index is -0.741. The van der Waals surface area contributed by atoms with Gasteiger partial charge in [-0.05, 0) is 43.5 Å². The zero-order valence-corrected chi connectivity index (χ0v) is 13.6. The molecule has 0 radical (unpaired) electrons. The molecule has 0 aliphatic heterocycles. The van der Waals surface area contributed by atoms with Crippen LogP contribution in [0.1, 0.15) is 26.0 Å². The maximum absolute atomic E-state index is 12.0. The number of aromatic nitrogens is 1. The Hall–Kier alpha value is -2.34. The molecule has 0 saturated heterocycles. The van der Waals surface area contributed by atoms with Crippen LogP contribution in [0.25, 0.3) is 10.9 Å². The van der Waals surface area contributed by atoms with Crippen LogP contribution in [0.3, 0.4) is 0 Å². The topological polar surface area (TPSA) is 94.2 Å². The third kappa shape index (κ3) is 4.56. The van der Waals surface area contributed by atoms with Crippen LogP contribution in [0, 0.1) is 12.8 Å². The van der Waals surface area contributed by atoms with Crippen LogP contribution in [-0.4, -0.2) is 34.6 Å². The maximum Gasteiger partial charge on any atom is 0.313 e. The smallest absolute Gasteiger partial charge is 0.313 e. The van der Waals surface area contributed by atoms with Gasteiger partial charge in [-0.25, -0.2) is 0 Å². The number of aromatic amines is 1. The standard InChI is InChI=1S/C17H23N3O3/c1-10(2)6-14(9-21)20-17(23)16(22)19-13-4-5-15-12(8-13)7-11(3)18-15/h4-5,7-8,10,14,18,21H,6,9H2,1-3H3,(H,19,22)(H,20,23). The van der Waals surface area contributed by atoms with Gasteiger partial charge in [0.15, 0.2) is 0 Å². The van der Waals surface area contributed by atoms with Crippen LogP contribution in [0.15, 0.2) is 24.3 Å². The highest BCUT2D eigenvalue weighted by molar-refractivity contribution is 6.39. The second-order valence-electron chi connectivity index (χ2n) is 6.19. The number of aliphatic hydroxyl groups excluding tert-OH is 1. The number of amides is 2. The molecule has 1 aromatic heterocycles. The lowest BCUT2D eigenvalue weighted by Gasteiger charge is -2.17. The summed E-state index contributed by atoms with van der Waals surface area (Å²) < 4.78 is 0. The molecule has 0 spiro atoms. The number of nitrogens with one attached hydrogen (secondary N) is 3. The van der Waals surface area contributed by atoms with Crippen molar-refractivity contribution in [2.24, 2.45) is 5.92 Å². The molecule has 0 bridgehead atoms. The highest BCUT2D eigenvalue weighted by Crippen LogP contribution is 2.19. The molecule has 2 rings (SSSR count). The van der Waals surface area contributed by atoms with Crippen molar-refractivity contribution in [1.82, 2.24) is 10.3 Å². The number of rotatable bonds is 5. The van der Waals surface area contributed by atoms with Crippen molar-refractivity contribution in [3.63, 3.8) is 0 Å². The van der Waals surface area contributed by atoms with Crippen LogP contribution in [0.5, 0.6) is 0 Å². The Labute approximate surface area is 135 Å². The van der Waals surface area contributed by atoms with Crippen molar-refractivity contribution in [3.05, 3.63) is 30.0 Å². The fourth-order valence-corrected chi connectivity index (χ4v) is 2.54. The number of hydrogen-bond donors (Lipinski definition) is 4. The summed E-state index contributed by atoms with van der Waals surface area (Å²) in [7, 11) is 0. The fraction of sp³-hybridized carbons (Fsp3) is 0.412. The van der Waals surface area contributed by atoms with E-state index in [0.717, 1.165) is 16.6 Å². The average Bonchev–Trinajstić information content (AvgIpc) is 2.85. The van der Waals surface area contributed by atoms with Gasteiger partial charge in [-0.3, -0.25) is 9.59 Å². The monoisotopic (exact) mass is 317 g/mol. The maximum atomic E-state index is 12.0. The summed E-state index contributed by atoms with van der Waals surface area (Å²) in [5.41, 5.74) is 2.56. The number of H-pyrrole nitrogens is 1. The number of aryl methyl sites for hydroxylation is 1. The van der Waals surface area contributed by atoms with Gasteiger partial charge in [0, 0.05) is 22.3 Å². The second-order valence-corrected chi connectivity index (χ2v) is 6.19. The zero-order chi connectivity index (χ0) is 17.0. The van der Waals surface area contributed by atoms with Gasteiger partial charge in [0.2, 0.25) is 0 Å². The molecule has 1 atom stereocenters. The van der Waals surface area contributed by atoms with Crippen molar-refractivity contribution < 1.29 is 14.7 Å². The predicted octanol–water partition coefficient (Wildman–Crippen LogP) is 1.94. The van der Waals surface area contributed by atoms with Crippen LogP contribution in [0.4, 0.5) is 5.69 Å². The first-order valence-corrected chi connectivity index (χ1v) is 7.71. The molecule has 0 aliphatic carbocycles. The van der Waals surface area contributed by atoms with Gasteiger partial charge in [0.25, 0.3) is 0 Å². The normalized spacial score (nSPS) is 12.4. The number of anilines is 1. The number of fused-ring (bicyclic) bond motifs is 1. The van der Waals surface area contributed by atoms with Crippen LogP contribution in [-0.2, 0) is 9.59 Å². The highest BCUT2D eigenvalue weighted by atomic mass is 16.3. The van der Waals surface area contributed by atoms with Gasteiger partial charge in [-0.2, -0.15) is 0 Å². The van der Waals surface area contributed by atoms with Crippen molar-refractivity contribution in [2.75, 3.05) is 11.9 Å². The zero-order valence-electron chi connectivity index (χ0n) is 13.6. The molecule has 0 aliphatic rings. The van der Waals surface area contributed by atoms with E-state index in [9.17, 15) is 14.7 Å². The summed E-state index contributed by atoms with van der Waals surface area (Å²) in [4.78, 5) is 27.1. The molecule has 6 heteroatoms. The average molecular weight is 317 g/mol. The number of hydrogen-bond acceptors (Lipinski definition) is 3. The molecule has 4 N–H and O–H groups in total. The highest BCUT2D eigenvalue weighted by Gasteiger charge is 2.19. The van der Waals surface area contributed by atoms with Gasteiger partial charge in [-0.15, -0.1) is 0 Å². The Bertz CT molecular complexity index is 706. The van der Waals surface area contributed by atoms with E-state index in [1.807, 2.05) is 39.0 Å². The Morgan fingerprint density at radius 3 is 2.61 bits per heavy atom. The molecule has 2 aromatic rings. The molecule has 23 heavy (non-hydrogen) atoms. The first kappa shape index (κ1) is 17.0. The SMILES string of the molecule is Cc1cc2cc(NC(=O)C(=O)NC(CO)CC(C)C)ccc2[nH]1. The predicted molar refractivity (Wildman–Crippen MR) is 90.1 cm³/mol. The number of carbonyl (C=O) groups excluding carboxylic acids is 2. The number of carbonyl (C=O) groups is 2. The number of aliphatic hydroxyl groups is 1. The van der Waals surface area contributed by atoms with E-state index in [1.165, 1.54) is 0 Å². The van der Waals surface area contributed by atoms with Crippen molar-refractivity contribution in [3.8, 4) is 0 Å². The summed E-state index contributed by atoms with van der Waals surface area (Å²) in [6.07, 6.45) is 0.615. The summed E-state index contributed by atoms with van der Waals surface area (Å²) in [5, 5.41) is 15.4. The molecular formula is C17H23N3O3. The molecule has 0 saturated carbocycles. The van der Waals surface area contributed by atoms with Gasteiger partial charge >= 0.3 is 11.8 Å². The van der Waals surface area contributed by atoms with Gasteiger partial charge in [-0.1, -0.05) is 13.8 Å². The molecule has 124 valence electrons. The Morgan fingerprint density at radius 1 is 1.22 bits per heavy atom. The molecule has 1 unspecified atom stereocenters. The van der Waals surface area contributed by atoms with Crippen LogP contribution >= 0.6 is 0 Å². The first-order valence-electron chi connectivity index (χ1n) is 7.71. The first-order chi connectivity index (χ1) is 10.9. The van der Waals surface area contributed by atoms with Gasteiger partial charge < -0.3 is 20.7 Å². The molecular weight excluding hydrogens is 294 g/mol. The van der Waals surface area contributed by atoms with E-state index in [0.29, 0.717) is 18.0 Å². The molecule has 6 nitrogen and oxygen atoms in total. The molecule has 1 aromatic carbocycles. The largest absolute Gasteiger partial charge is 0.394 e. The molecule has 1 heterocycles. The van der Waals surface area contributed by atoms with E-state index in [1.54, 1.807) is 6.07 Å². The van der Waals surface area contributed by atoms with E-state index in [4.69, 9.17) is 0 Å². The minimum absolute atomic E-state index is 0.189. The van der Waals surface area contributed by atoms with Crippen LogP contribution < -0.4 is 10.6 Å². The third-order valence-corrected chi connectivity index (χ3v) is 3.53. The molecule has 0 fully saturated rings. The molecule has 2 amide bonds. The van der Waals surface area contributed by atoms with E-state index in [-0.39, 0.29) is 6.61 Å². The Kier molecular flexibility index (Phi) is 5.39. The lowest BCUT2D eigenvalue weighted by Crippen LogP contribution is -2.44. The van der Waals surface area contributed by atoms with E-state index >= 15 is 0 Å². The van der Waals surface area contributed by atoms with Crippen molar-refractivity contribution in [2.45, 2.75) is 33.2 Å². The summed E-state index contributed by atoms with van der Waals surface area (Å²) in [6, 6.07) is 6.95. The van der Waals surface area contributed by atoms with E-state index in [2.05, 4.69) is 15.6 Å². The summed E-state index contributed by atoms with van der Waals surface area (Å²) >= 11 is 0. The lowest BCUT2D eigenvalue weighted by atomic mass is 10.0.